The lowest BCUT2D eigenvalue weighted by molar-refractivity contribution is -0.115. The number of hydrogen-bond acceptors (Lipinski definition) is 3. The number of halogens is 2. The van der Waals surface area contributed by atoms with Crippen LogP contribution >= 0.6 is 35.0 Å². The third-order valence-electron chi connectivity index (χ3n) is 4.02. The Morgan fingerprint density at radius 1 is 1.32 bits per heavy atom. The Morgan fingerprint density at radius 3 is 2.76 bits per heavy atom. The van der Waals surface area contributed by atoms with Crippen LogP contribution in [-0.2, 0) is 11.3 Å². The lowest BCUT2D eigenvalue weighted by Gasteiger charge is -2.04. The van der Waals surface area contributed by atoms with E-state index in [1.165, 1.54) is 17.5 Å². The van der Waals surface area contributed by atoms with Crippen molar-refractivity contribution in [1.82, 2.24) is 9.88 Å². The molecule has 0 bridgehead atoms. The third kappa shape index (κ3) is 3.64. The van der Waals surface area contributed by atoms with E-state index in [4.69, 9.17) is 23.2 Å². The Morgan fingerprint density at radius 2 is 2.08 bits per heavy atom. The van der Waals surface area contributed by atoms with Gasteiger partial charge in [-0.1, -0.05) is 29.3 Å². The number of nitrogens with one attached hydrogen (secondary N) is 1. The zero-order chi connectivity index (χ0) is 18.1. The fourth-order valence-corrected chi connectivity index (χ4v) is 3.93. The number of aryl methyl sites for hydroxylation is 1. The van der Waals surface area contributed by atoms with Gasteiger partial charge in [0.05, 0.1) is 20.6 Å². The van der Waals surface area contributed by atoms with Gasteiger partial charge in [0, 0.05) is 17.9 Å². The number of benzene rings is 1. The molecule has 1 aromatic heterocycles. The highest BCUT2D eigenvalue weighted by Crippen LogP contribution is 2.34. The van der Waals surface area contributed by atoms with Gasteiger partial charge in [-0.3, -0.25) is 4.79 Å². The van der Waals surface area contributed by atoms with Crippen LogP contribution in [0.3, 0.4) is 0 Å². The zero-order valence-electron chi connectivity index (χ0n) is 14.1. The molecule has 25 heavy (non-hydrogen) atoms. The van der Waals surface area contributed by atoms with Gasteiger partial charge >= 0.3 is 0 Å². The molecule has 0 spiro atoms. The van der Waals surface area contributed by atoms with E-state index in [9.17, 15) is 4.79 Å². The van der Waals surface area contributed by atoms with Crippen molar-refractivity contribution in [1.29, 1.82) is 0 Å². The topological polar surface area (TPSA) is 46.4 Å². The number of thioether (sulfide) groups is 1. The van der Waals surface area contributed by atoms with E-state index in [1.807, 2.05) is 6.08 Å². The molecule has 1 aliphatic rings. The van der Waals surface area contributed by atoms with Gasteiger partial charge in [-0.15, -0.1) is 0 Å². The maximum Gasteiger partial charge on any atom is 0.264 e. The first-order valence-electron chi connectivity index (χ1n) is 7.81. The molecule has 2 heterocycles. The molecule has 130 valence electrons. The van der Waals surface area contributed by atoms with E-state index in [1.54, 1.807) is 18.2 Å². The van der Waals surface area contributed by atoms with Crippen LogP contribution < -0.4 is 5.32 Å². The summed E-state index contributed by atoms with van der Waals surface area (Å²) in [5.74, 6) is -0.164. The van der Waals surface area contributed by atoms with E-state index < -0.39 is 0 Å². The Labute approximate surface area is 160 Å². The smallest absolute Gasteiger partial charge is 0.264 e. The molecular formula is C18H17Cl2N3OS. The fourth-order valence-electron chi connectivity index (χ4n) is 2.77. The minimum Gasteiger partial charge on any atom is -0.349 e. The van der Waals surface area contributed by atoms with Crippen LogP contribution in [0.25, 0.3) is 6.08 Å². The molecule has 1 aliphatic heterocycles. The van der Waals surface area contributed by atoms with Crippen LogP contribution in [0.15, 0.2) is 34.2 Å². The molecule has 1 amide bonds. The van der Waals surface area contributed by atoms with Crippen molar-refractivity contribution in [3.63, 3.8) is 0 Å². The molecule has 2 aromatic rings. The first kappa shape index (κ1) is 18.1. The van der Waals surface area contributed by atoms with Gasteiger partial charge in [0.25, 0.3) is 5.91 Å². The van der Waals surface area contributed by atoms with Gasteiger partial charge < -0.3 is 9.88 Å². The lowest BCUT2D eigenvalue weighted by atomic mass is 10.2. The molecule has 0 saturated carbocycles. The van der Waals surface area contributed by atoms with Gasteiger partial charge in [-0.25, -0.2) is 4.99 Å². The summed E-state index contributed by atoms with van der Waals surface area (Å²) in [6, 6.07) is 7.31. The molecule has 1 fully saturated rings. The van der Waals surface area contributed by atoms with E-state index in [-0.39, 0.29) is 5.91 Å². The van der Waals surface area contributed by atoms with Crippen LogP contribution in [0.2, 0.25) is 10.0 Å². The summed E-state index contributed by atoms with van der Waals surface area (Å²) in [5, 5.41) is 4.06. The molecule has 0 atom stereocenters. The molecule has 0 unspecified atom stereocenters. The van der Waals surface area contributed by atoms with Crippen LogP contribution in [0.1, 0.15) is 23.9 Å². The summed E-state index contributed by atoms with van der Waals surface area (Å²) < 4.78 is 2.21. The van der Waals surface area contributed by atoms with Crippen LogP contribution in [-0.4, -0.2) is 15.6 Å². The second-order valence-electron chi connectivity index (χ2n) is 5.63. The monoisotopic (exact) mass is 393 g/mol. The van der Waals surface area contributed by atoms with Gasteiger partial charge in [0.15, 0.2) is 5.17 Å². The maximum atomic E-state index is 12.3. The number of rotatable bonds is 3. The molecule has 0 radical (unpaired) electrons. The van der Waals surface area contributed by atoms with Crippen molar-refractivity contribution < 1.29 is 4.79 Å². The van der Waals surface area contributed by atoms with Gasteiger partial charge in [-0.05, 0) is 62.4 Å². The molecule has 7 heteroatoms. The van der Waals surface area contributed by atoms with E-state index in [0.29, 0.717) is 25.8 Å². The fraction of sp³-hybridized carbons (Fsp3) is 0.222. The van der Waals surface area contributed by atoms with Crippen LogP contribution in [0.4, 0.5) is 5.69 Å². The minimum absolute atomic E-state index is 0.164. The summed E-state index contributed by atoms with van der Waals surface area (Å²) in [6.45, 7) is 7.13. The molecular weight excluding hydrogens is 377 g/mol. The highest BCUT2D eigenvalue weighted by Gasteiger charge is 2.24. The zero-order valence-corrected chi connectivity index (χ0v) is 16.4. The molecule has 1 N–H and O–H groups in total. The van der Waals surface area contributed by atoms with Crippen molar-refractivity contribution in [2.24, 2.45) is 4.99 Å². The largest absolute Gasteiger partial charge is 0.349 e. The van der Waals surface area contributed by atoms with Crippen molar-refractivity contribution in [3.8, 4) is 0 Å². The molecule has 0 aliphatic carbocycles. The van der Waals surface area contributed by atoms with Gasteiger partial charge in [0.2, 0.25) is 0 Å². The van der Waals surface area contributed by atoms with Crippen molar-refractivity contribution >= 4 is 57.8 Å². The minimum atomic E-state index is -0.164. The Balaban J connectivity index is 1.90. The van der Waals surface area contributed by atoms with Crippen LogP contribution in [0, 0.1) is 13.8 Å². The van der Waals surface area contributed by atoms with Crippen molar-refractivity contribution in [3.05, 3.63) is 56.2 Å². The first-order valence-corrected chi connectivity index (χ1v) is 9.38. The SMILES string of the molecule is CCn1c(C)cc(/C=C2/SC(=Nc3cccc(Cl)c3Cl)NC2=O)c1C. The second kappa shape index (κ2) is 7.28. The number of amides is 1. The second-order valence-corrected chi connectivity index (χ2v) is 7.44. The average molecular weight is 394 g/mol. The highest BCUT2D eigenvalue weighted by atomic mass is 35.5. The molecule has 1 aromatic carbocycles. The van der Waals surface area contributed by atoms with Crippen molar-refractivity contribution in [2.45, 2.75) is 27.3 Å². The quantitative estimate of drug-likeness (QED) is 0.716. The predicted octanol–water partition coefficient (Wildman–Crippen LogP) is 5.32. The third-order valence-corrected chi connectivity index (χ3v) is 5.74. The number of hydrogen-bond donors (Lipinski definition) is 1. The number of carbonyl (C=O) groups is 1. The summed E-state index contributed by atoms with van der Waals surface area (Å²) in [7, 11) is 0. The Bertz CT molecular complexity index is 915. The standard InChI is InChI=1S/C18H17Cl2N3OS/c1-4-23-10(2)8-12(11(23)3)9-15-17(24)22-18(25-15)21-14-7-5-6-13(19)16(14)20/h5-9H,4H2,1-3H3,(H,21,22,24)/b15-9+. The first-order chi connectivity index (χ1) is 11.9. The number of aliphatic imine (C=N–C) groups is 1. The van der Waals surface area contributed by atoms with Gasteiger partial charge in [-0.2, -0.15) is 0 Å². The van der Waals surface area contributed by atoms with Crippen molar-refractivity contribution in [2.75, 3.05) is 0 Å². The lowest BCUT2D eigenvalue weighted by Crippen LogP contribution is -2.19. The molecule has 4 nitrogen and oxygen atoms in total. The summed E-state index contributed by atoms with van der Waals surface area (Å²) in [5.41, 5.74) is 3.89. The summed E-state index contributed by atoms with van der Waals surface area (Å²) in [6.07, 6.45) is 1.90. The van der Waals surface area contributed by atoms with E-state index in [2.05, 4.69) is 41.7 Å². The summed E-state index contributed by atoms with van der Waals surface area (Å²) >= 11 is 13.4. The Kier molecular flexibility index (Phi) is 5.27. The highest BCUT2D eigenvalue weighted by molar-refractivity contribution is 8.18. The predicted molar refractivity (Wildman–Crippen MR) is 107 cm³/mol. The molecule has 1 saturated heterocycles. The number of amidine groups is 1. The summed E-state index contributed by atoms with van der Waals surface area (Å²) in [4.78, 5) is 17.3. The Hall–Kier alpha value is -1.69. The van der Waals surface area contributed by atoms with E-state index >= 15 is 0 Å². The van der Waals surface area contributed by atoms with E-state index in [0.717, 1.165) is 17.8 Å². The molecule has 3 rings (SSSR count). The number of aromatic nitrogens is 1. The normalized spacial score (nSPS) is 17.6. The maximum absolute atomic E-state index is 12.3. The van der Waals surface area contributed by atoms with Gasteiger partial charge in [0.1, 0.15) is 0 Å². The van der Waals surface area contributed by atoms with Crippen LogP contribution in [0.5, 0.6) is 0 Å². The number of carbonyl (C=O) groups excluding carboxylic acids is 1. The number of nitrogens with zero attached hydrogens (tertiary/aromatic N) is 2. The average Bonchev–Trinajstić information content (AvgIpc) is 3.04.